The first kappa shape index (κ1) is 24.6. The third-order valence-corrected chi connectivity index (χ3v) is 7.54. The van der Waals surface area contributed by atoms with Gasteiger partial charge in [0.1, 0.15) is 25.0 Å². The second-order valence-corrected chi connectivity index (χ2v) is 11.0. The first-order chi connectivity index (χ1) is 14.7. The minimum atomic E-state index is -3.72. The zero-order chi connectivity index (χ0) is 21.9. The standard InChI is InChI=1S/C16H15ClN5O6PS2.Na/c17-6-1-3-7(4-2-6)31-16-19-9-12(20-15(18)21-13(9)24)22(16)14-10(23)11-8(27-14)5-26-29(25,30)28-11;/h1-4,8,10-11,14,23H,5H2,(H,25,30)(H3,18,20,21,24);/q;+1/p-1/t8-,10-,11+,14-,29?;/m1./s1. The Labute approximate surface area is 217 Å². The summed E-state index contributed by atoms with van der Waals surface area (Å²) in [5.74, 6) is -0.124. The molecular weight excluding hydrogens is 512 g/mol. The fourth-order valence-corrected chi connectivity index (χ4v) is 5.90. The van der Waals surface area contributed by atoms with Crippen molar-refractivity contribution in [2.45, 2.75) is 34.6 Å². The molecule has 11 nitrogen and oxygen atoms in total. The first-order valence-electron chi connectivity index (χ1n) is 8.90. The van der Waals surface area contributed by atoms with Gasteiger partial charge in [0.05, 0.1) is 6.61 Å². The van der Waals surface area contributed by atoms with Gasteiger partial charge in [-0.25, -0.2) is 4.98 Å². The molecular formula is C16H14ClN5NaO6PS2. The fraction of sp³-hybridized carbons (Fsp3) is 0.312. The van der Waals surface area contributed by atoms with E-state index >= 15 is 0 Å². The van der Waals surface area contributed by atoms with E-state index in [1.54, 1.807) is 24.3 Å². The van der Waals surface area contributed by atoms with Crippen molar-refractivity contribution < 1.29 is 53.3 Å². The zero-order valence-electron chi connectivity index (χ0n) is 16.4. The molecule has 5 atom stereocenters. The number of nitrogens with two attached hydrogens (primary N) is 1. The number of halogens is 1. The quantitative estimate of drug-likeness (QED) is 0.251. The van der Waals surface area contributed by atoms with Crippen molar-refractivity contribution in [2.75, 3.05) is 12.3 Å². The van der Waals surface area contributed by atoms with E-state index in [4.69, 9.17) is 42.9 Å². The molecule has 0 radical (unpaired) electrons. The van der Waals surface area contributed by atoms with Crippen molar-refractivity contribution in [1.82, 2.24) is 19.5 Å². The van der Waals surface area contributed by atoms with Crippen LogP contribution in [0.5, 0.6) is 0 Å². The van der Waals surface area contributed by atoms with E-state index in [0.717, 1.165) is 4.90 Å². The zero-order valence-corrected chi connectivity index (χ0v) is 21.7. The Morgan fingerprint density at radius 3 is 2.81 bits per heavy atom. The Bertz CT molecular complexity index is 1280. The van der Waals surface area contributed by atoms with Crippen LogP contribution in [0.1, 0.15) is 6.23 Å². The van der Waals surface area contributed by atoms with Gasteiger partial charge in [0, 0.05) is 9.92 Å². The molecule has 0 amide bonds. The Morgan fingerprint density at radius 2 is 2.09 bits per heavy atom. The van der Waals surface area contributed by atoms with E-state index < -0.39 is 36.8 Å². The Morgan fingerprint density at radius 1 is 1.38 bits per heavy atom. The molecule has 2 aliphatic heterocycles. The van der Waals surface area contributed by atoms with Crippen LogP contribution in [-0.4, -0.2) is 49.5 Å². The van der Waals surface area contributed by atoms with E-state index in [1.165, 1.54) is 16.3 Å². The smallest absolute Gasteiger partial charge is 0.780 e. The monoisotopic (exact) mass is 525 g/mol. The van der Waals surface area contributed by atoms with Gasteiger partial charge < -0.3 is 29.5 Å². The average Bonchev–Trinajstić information content (AvgIpc) is 3.20. The number of aromatic amines is 1. The van der Waals surface area contributed by atoms with Crippen LogP contribution in [0.25, 0.3) is 11.2 Å². The van der Waals surface area contributed by atoms with Gasteiger partial charge in [-0.1, -0.05) is 35.2 Å². The second-order valence-electron chi connectivity index (χ2n) is 6.81. The summed E-state index contributed by atoms with van der Waals surface area (Å²) in [5, 5.41) is 11.8. The first-order valence-corrected chi connectivity index (χ1v) is 12.7. The number of aliphatic hydroxyl groups is 1. The Balaban J connectivity index is 0.00000245. The number of nitrogens with zero attached hydrogens (tertiary/aromatic N) is 3. The van der Waals surface area contributed by atoms with Gasteiger partial charge in [0.2, 0.25) is 5.95 Å². The van der Waals surface area contributed by atoms with Gasteiger partial charge in [-0.2, -0.15) is 4.98 Å². The minimum absolute atomic E-state index is 0. The van der Waals surface area contributed by atoms with E-state index in [1.807, 2.05) is 0 Å². The molecule has 164 valence electrons. The number of rotatable bonds is 3. The van der Waals surface area contributed by atoms with Crippen LogP contribution in [0, 0.1) is 0 Å². The Hall–Kier alpha value is -0.540. The van der Waals surface area contributed by atoms with E-state index in [0.29, 0.717) is 10.2 Å². The molecule has 1 aromatic carbocycles. The van der Waals surface area contributed by atoms with Crippen LogP contribution in [-0.2, 0) is 25.6 Å². The van der Waals surface area contributed by atoms with Crippen molar-refractivity contribution >= 4 is 59.0 Å². The summed E-state index contributed by atoms with van der Waals surface area (Å²) in [4.78, 5) is 36.2. The molecule has 32 heavy (non-hydrogen) atoms. The Kier molecular flexibility index (Phi) is 7.11. The molecule has 2 saturated heterocycles. The number of anilines is 1. The van der Waals surface area contributed by atoms with Crippen molar-refractivity contribution in [3.05, 3.63) is 39.6 Å². The molecule has 3 aromatic rings. The van der Waals surface area contributed by atoms with Gasteiger partial charge >= 0.3 is 29.6 Å². The van der Waals surface area contributed by atoms with E-state index in [-0.39, 0.29) is 53.3 Å². The number of ether oxygens (including phenoxy) is 1. The number of aromatic nitrogens is 4. The number of hydrogen-bond donors (Lipinski definition) is 3. The van der Waals surface area contributed by atoms with Crippen LogP contribution in [0.2, 0.25) is 5.02 Å². The predicted octanol–water partition coefficient (Wildman–Crippen LogP) is -2.23. The van der Waals surface area contributed by atoms with Gasteiger partial charge in [0.25, 0.3) is 5.56 Å². The maximum Gasteiger partial charge on any atom is 1.00 e. The van der Waals surface area contributed by atoms with Crippen LogP contribution in [0.4, 0.5) is 5.95 Å². The molecule has 1 unspecified atom stereocenters. The minimum Gasteiger partial charge on any atom is -0.780 e. The SMILES string of the molecule is Nc1nc2c(nc(Sc3ccc(Cl)cc3)n2[C@@H]2O[C@@H]3COP([O-])(=S)O[C@@H]3[C@H]2O)c(=O)[nH]1.[Na+]. The van der Waals surface area contributed by atoms with E-state index in [2.05, 4.69) is 15.0 Å². The summed E-state index contributed by atoms with van der Waals surface area (Å²) in [6, 6.07) is 6.97. The number of benzene rings is 1. The summed E-state index contributed by atoms with van der Waals surface area (Å²) >= 11 is 11.9. The van der Waals surface area contributed by atoms with Crippen LogP contribution >= 0.6 is 30.1 Å². The number of hydrogen-bond acceptors (Lipinski definition) is 11. The van der Waals surface area contributed by atoms with Crippen LogP contribution < -0.4 is 45.7 Å². The number of nitrogen functional groups attached to an aromatic ring is 1. The average molecular weight is 526 g/mol. The van der Waals surface area contributed by atoms with Crippen LogP contribution in [0.15, 0.2) is 39.1 Å². The molecule has 4 heterocycles. The van der Waals surface area contributed by atoms with Crippen LogP contribution in [0.3, 0.4) is 0 Å². The van der Waals surface area contributed by atoms with Gasteiger partial charge in [0.15, 0.2) is 22.5 Å². The van der Waals surface area contributed by atoms with Crippen molar-refractivity contribution in [3.8, 4) is 0 Å². The summed E-state index contributed by atoms with van der Waals surface area (Å²) in [7, 11) is 0. The van der Waals surface area contributed by atoms with Crippen molar-refractivity contribution in [1.29, 1.82) is 0 Å². The number of fused-ring (bicyclic) bond motifs is 2. The summed E-state index contributed by atoms with van der Waals surface area (Å²) < 4.78 is 17.7. The van der Waals surface area contributed by atoms with Crippen molar-refractivity contribution in [3.63, 3.8) is 0 Å². The number of nitrogens with one attached hydrogen (secondary N) is 1. The van der Waals surface area contributed by atoms with Gasteiger partial charge in [-0.3, -0.25) is 14.3 Å². The number of H-pyrrole nitrogens is 1. The number of aliphatic hydroxyl groups excluding tert-OH is 1. The normalized spacial score (nSPS) is 29.6. The molecule has 0 aliphatic carbocycles. The fourth-order valence-electron chi connectivity index (χ4n) is 3.43. The maximum atomic E-state index is 12.4. The van der Waals surface area contributed by atoms with Gasteiger partial charge in [-0.05, 0) is 24.3 Å². The molecule has 16 heteroatoms. The summed E-state index contributed by atoms with van der Waals surface area (Å²) in [5.41, 5.74) is 5.32. The third kappa shape index (κ3) is 4.54. The molecule has 0 spiro atoms. The second kappa shape index (κ2) is 9.25. The summed E-state index contributed by atoms with van der Waals surface area (Å²) in [6.07, 6.45) is -4.06. The summed E-state index contributed by atoms with van der Waals surface area (Å²) in [6.45, 7) is -3.83. The maximum absolute atomic E-state index is 12.4. The van der Waals surface area contributed by atoms with Crippen molar-refractivity contribution in [2.24, 2.45) is 0 Å². The molecule has 4 N–H and O–H groups in total. The topological polar surface area (TPSA) is 161 Å². The molecule has 5 rings (SSSR count). The molecule has 0 bridgehead atoms. The predicted molar refractivity (Wildman–Crippen MR) is 113 cm³/mol. The molecule has 0 saturated carbocycles. The third-order valence-electron chi connectivity index (χ3n) is 4.77. The largest absolute Gasteiger partial charge is 1.00 e. The molecule has 2 fully saturated rings. The molecule has 2 aromatic heterocycles. The molecule has 2 aliphatic rings. The van der Waals surface area contributed by atoms with Gasteiger partial charge in [-0.15, -0.1) is 0 Å². The van der Waals surface area contributed by atoms with E-state index in [9.17, 15) is 14.8 Å². The number of imidazole rings is 1.